The number of fused-ring (bicyclic) bond motifs is 1. The van der Waals surface area contributed by atoms with Crippen LogP contribution in [-0.4, -0.2) is 41.3 Å². The van der Waals surface area contributed by atoms with E-state index in [4.69, 9.17) is 29.4 Å². The summed E-state index contributed by atoms with van der Waals surface area (Å²) < 4.78 is 32.6. The smallest absolute Gasteiger partial charge is 0.337 e. The Balaban J connectivity index is 1.32. The highest BCUT2D eigenvalue weighted by Crippen LogP contribution is 2.33. The van der Waals surface area contributed by atoms with E-state index in [1.165, 1.54) is 13.2 Å². The predicted molar refractivity (Wildman–Crippen MR) is 174 cm³/mol. The van der Waals surface area contributed by atoms with Crippen LogP contribution in [0.4, 0.5) is 4.39 Å². The number of halogens is 1. The van der Waals surface area contributed by atoms with E-state index in [2.05, 4.69) is 28.1 Å². The number of ether oxygens (including phenoxy) is 3. The number of carbonyl (C=O) groups excluding carboxylic acids is 1. The summed E-state index contributed by atoms with van der Waals surface area (Å²) in [6, 6.07) is 25.4. The van der Waals surface area contributed by atoms with E-state index in [0.717, 1.165) is 39.1 Å². The summed E-state index contributed by atoms with van der Waals surface area (Å²) in [6.45, 7) is 1.04. The largest absolute Gasteiger partial charge is 0.473 e. The molecule has 0 atom stereocenters. The fraction of sp³-hybridized carbons (Fsp3) is 0.167. The van der Waals surface area contributed by atoms with Gasteiger partial charge in [-0.25, -0.2) is 19.2 Å². The van der Waals surface area contributed by atoms with Crippen LogP contribution in [-0.2, 0) is 29.0 Å². The molecule has 0 spiro atoms. The lowest BCUT2D eigenvalue weighted by molar-refractivity contribution is 0.0601. The van der Waals surface area contributed by atoms with E-state index in [1.807, 2.05) is 41.8 Å². The highest BCUT2D eigenvalue weighted by atomic mass is 32.1. The fourth-order valence-corrected chi connectivity index (χ4v) is 5.93. The summed E-state index contributed by atoms with van der Waals surface area (Å²) in [5.41, 5.74) is 7.50. The molecule has 0 bridgehead atoms. The summed E-state index contributed by atoms with van der Waals surface area (Å²) in [4.78, 5) is 21.9. The van der Waals surface area contributed by atoms with Gasteiger partial charge in [-0.2, -0.15) is 16.6 Å². The van der Waals surface area contributed by atoms with Gasteiger partial charge in [-0.3, -0.25) is 0 Å². The molecule has 0 amide bonds. The van der Waals surface area contributed by atoms with Gasteiger partial charge in [0.2, 0.25) is 5.88 Å². The number of imidazole rings is 1. The van der Waals surface area contributed by atoms with Crippen LogP contribution < -0.4 is 4.74 Å². The Labute approximate surface area is 269 Å². The maximum Gasteiger partial charge on any atom is 0.337 e. The Morgan fingerprint density at radius 1 is 0.978 bits per heavy atom. The molecule has 8 nitrogen and oxygen atoms in total. The maximum atomic E-state index is 14.4. The van der Waals surface area contributed by atoms with Crippen molar-refractivity contribution in [3.05, 3.63) is 124 Å². The third kappa shape index (κ3) is 6.52. The molecule has 0 saturated heterocycles. The van der Waals surface area contributed by atoms with Gasteiger partial charge >= 0.3 is 5.97 Å². The first-order valence-electron chi connectivity index (χ1n) is 14.5. The van der Waals surface area contributed by atoms with Crippen molar-refractivity contribution in [2.24, 2.45) is 0 Å². The van der Waals surface area contributed by atoms with Crippen LogP contribution in [0.2, 0.25) is 0 Å². The molecular formula is C36H29FN4O4S. The first-order valence-corrected chi connectivity index (χ1v) is 15.4. The number of rotatable bonds is 11. The van der Waals surface area contributed by atoms with Gasteiger partial charge in [0.1, 0.15) is 18.2 Å². The Bertz CT molecular complexity index is 2070. The Morgan fingerprint density at radius 2 is 1.85 bits per heavy atom. The predicted octanol–water partition coefficient (Wildman–Crippen LogP) is 7.44. The average Bonchev–Trinajstić information content (AvgIpc) is 3.74. The highest BCUT2D eigenvalue weighted by Gasteiger charge is 2.17. The second kappa shape index (κ2) is 13.7. The number of esters is 1. The molecule has 230 valence electrons. The lowest BCUT2D eigenvalue weighted by atomic mass is 9.95. The fourth-order valence-electron chi connectivity index (χ4n) is 5.27. The maximum absolute atomic E-state index is 14.4. The Hall–Kier alpha value is -5.37. The topological polar surface area (TPSA) is 99.3 Å². The molecule has 46 heavy (non-hydrogen) atoms. The van der Waals surface area contributed by atoms with Crippen LogP contribution in [0.5, 0.6) is 5.88 Å². The van der Waals surface area contributed by atoms with Crippen LogP contribution in [0.3, 0.4) is 0 Å². The van der Waals surface area contributed by atoms with E-state index >= 15 is 0 Å². The Kier molecular flexibility index (Phi) is 9.15. The lowest BCUT2D eigenvalue weighted by Crippen LogP contribution is -2.10. The van der Waals surface area contributed by atoms with Gasteiger partial charge in [0.25, 0.3) is 0 Å². The third-order valence-electron chi connectivity index (χ3n) is 7.64. The Morgan fingerprint density at radius 3 is 2.61 bits per heavy atom. The van der Waals surface area contributed by atoms with E-state index in [1.54, 1.807) is 42.7 Å². The molecule has 0 saturated carbocycles. The minimum absolute atomic E-state index is 0.0156. The highest BCUT2D eigenvalue weighted by molar-refractivity contribution is 7.08. The van der Waals surface area contributed by atoms with Crippen molar-refractivity contribution in [3.63, 3.8) is 0 Å². The first kappa shape index (κ1) is 30.6. The van der Waals surface area contributed by atoms with Crippen LogP contribution in [0.15, 0.2) is 89.6 Å². The lowest BCUT2D eigenvalue weighted by Gasteiger charge is -2.14. The number of hydrogen-bond acceptors (Lipinski definition) is 8. The van der Waals surface area contributed by atoms with Crippen LogP contribution in [0.1, 0.15) is 32.9 Å². The van der Waals surface area contributed by atoms with Crippen molar-refractivity contribution >= 4 is 28.3 Å². The van der Waals surface area contributed by atoms with Crippen molar-refractivity contribution in [2.45, 2.75) is 19.6 Å². The molecule has 0 unspecified atom stereocenters. The zero-order valence-electron chi connectivity index (χ0n) is 25.2. The van der Waals surface area contributed by atoms with E-state index in [9.17, 15) is 9.18 Å². The van der Waals surface area contributed by atoms with Gasteiger partial charge in [0.05, 0.1) is 47.6 Å². The summed E-state index contributed by atoms with van der Waals surface area (Å²) >= 11 is 1.62. The third-order valence-corrected chi connectivity index (χ3v) is 8.32. The summed E-state index contributed by atoms with van der Waals surface area (Å²) in [7, 11) is 3.03. The van der Waals surface area contributed by atoms with Gasteiger partial charge in [0.15, 0.2) is 0 Å². The molecule has 0 N–H and O–H groups in total. The molecule has 0 aliphatic heterocycles. The van der Waals surface area contributed by atoms with Crippen LogP contribution >= 0.6 is 11.3 Å². The summed E-state index contributed by atoms with van der Waals surface area (Å²) in [5, 5.41) is 13.2. The SMILES string of the molecule is COCCn1c(Cc2ccc(-c3cccc(OCc4ccc(C#N)cc4F)n3)cc2-c2ccsc2)nc2ccc(C(=O)OC)cc21. The van der Waals surface area contributed by atoms with Crippen molar-refractivity contribution in [1.82, 2.24) is 14.5 Å². The molecule has 10 heteroatoms. The zero-order chi connectivity index (χ0) is 32.0. The van der Waals surface area contributed by atoms with Gasteiger partial charge in [-0.15, -0.1) is 0 Å². The normalized spacial score (nSPS) is 11.0. The number of methoxy groups -OCH3 is 2. The molecule has 6 rings (SSSR count). The van der Waals surface area contributed by atoms with Crippen molar-refractivity contribution < 1.29 is 23.4 Å². The van der Waals surface area contributed by atoms with E-state index in [-0.39, 0.29) is 12.2 Å². The van der Waals surface area contributed by atoms with Crippen molar-refractivity contribution in [3.8, 4) is 34.3 Å². The van der Waals surface area contributed by atoms with E-state index < -0.39 is 11.8 Å². The number of nitriles is 1. The van der Waals surface area contributed by atoms with E-state index in [0.29, 0.717) is 42.3 Å². The minimum Gasteiger partial charge on any atom is -0.473 e. The standard InChI is InChI=1S/C36H29FN4O4S/c1-43-14-13-41-33-18-26(36(42)44-2)10-11-32(33)39-34(41)19-24-8-9-25(17-29(24)28-12-15-46-22-28)31-4-3-5-35(40-31)45-21-27-7-6-23(20-38)16-30(27)37/h3-12,15-18,22H,13-14,19,21H2,1-2H3. The number of carbonyl (C=O) groups is 1. The minimum atomic E-state index is -0.495. The molecule has 0 radical (unpaired) electrons. The molecular weight excluding hydrogens is 603 g/mol. The molecule has 3 aromatic heterocycles. The molecule has 6 aromatic rings. The molecule has 0 aliphatic carbocycles. The molecule has 0 aliphatic rings. The molecule has 3 heterocycles. The number of benzene rings is 3. The monoisotopic (exact) mass is 632 g/mol. The van der Waals surface area contributed by atoms with Crippen LogP contribution in [0.25, 0.3) is 33.4 Å². The number of thiophene rings is 1. The summed E-state index contributed by atoms with van der Waals surface area (Å²) in [6.07, 6.45) is 0.546. The number of aromatic nitrogens is 3. The average molecular weight is 633 g/mol. The second-order valence-corrected chi connectivity index (χ2v) is 11.3. The van der Waals surface area contributed by atoms with Crippen molar-refractivity contribution in [1.29, 1.82) is 5.26 Å². The number of pyridine rings is 1. The molecule has 0 fully saturated rings. The first-order chi connectivity index (χ1) is 22.5. The van der Waals surface area contributed by atoms with Crippen molar-refractivity contribution in [2.75, 3.05) is 20.8 Å². The number of nitrogens with zero attached hydrogens (tertiary/aromatic N) is 4. The number of hydrogen-bond donors (Lipinski definition) is 0. The second-order valence-electron chi connectivity index (χ2n) is 10.5. The van der Waals surface area contributed by atoms with Gasteiger partial charge < -0.3 is 18.8 Å². The van der Waals surface area contributed by atoms with Gasteiger partial charge in [-0.1, -0.05) is 24.3 Å². The molecule has 3 aromatic carbocycles. The summed E-state index contributed by atoms with van der Waals surface area (Å²) in [5.74, 6) is 0.316. The quantitative estimate of drug-likeness (QED) is 0.137. The van der Waals surface area contributed by atoms with Crippen LogP contribution in [0, 0.1) is 17.1 Å². The van der Waals surface area contributed by atoms with Gasteiger partial charge in [-0.05, 0) is 76.0 Å². The van der Waals surface area contributed by atoms with Gasteiger partial charge in [0, 0.05) is 37.3 Å². The zero-order valence-corrected chi connectivity index (χ0v) is 26.0.